The summed E-state index contributed by atoms with van der Waals surface area (Å²) in [5.74, 6) is -0.910. The van der Waals surface area contributed by atoms with E-state index in [-0.39, 0.29) is 36.6 Å². The van der Waals surface area contributed by atoms with E-state index in [1.165, 1.54) is 11.8 Å². The number of anilines is 2. The molecular formula is C28H37N5O6S. The van der Waals surface area contributed by atoms with Crippen molar-refractivity contribution in [3.05, 3.63) is 59.7 Å². The maximum absolute atomic E-state index is 13.2. The molecule has 0 spiro atoms. The van der Waals surface area contributed by atoms with Crippen molar-refractivity contribution in [2.24, 2.45) is 0 Å². The summed E-state index contributed by atoms with van der Waals surface area (Å²) in [6.45, 7) is 6.05. The van der Waals surface area contributed by atoms with Crippen LogP contribution in [0.25, 0.3) is 0 Å². The SMILES string of the molecule is Cc1ccccc1NC(=O)Nc1ccc(CC(=O)N(CCN2CCOCC2)CC(=O)NCCSCC(=O)O)cc1. The van der Waals surface area contributed by atoms with Gasteiger partial charge in [-0.2, -0.15) is 0 Å². The summed E-state index contributed by atoms with van der Waals surface area (Å²) in [7, 11) is 0. The highest BCUT2D eigenvalue weighted by molar-refractivity contribution is 7.99. The van der Waals surface area contributed by atoms with Gasteiger partial charge in [-0.15, -0.1) is 11.8 Å². The van der Waals surface area contributed by atoms with E-state index in [4.69, 9.17) is 9.84 Å². The van der Waals surface area contributed by atoms with Crippen LogP contribution in [-0.2, 0) is 25.5 Å². The van der Waals surface area contributed by atoms with Crippen molar-refractivity contribution in [2.75, 3.05) is 74.6 Å². The van der Waals surface area contributed by atoms with Crippen LogP contribution in [0.1, 0.15) is 11.1 Å². The molecule has 0 bridgehead atoms. The Hall–Kier alpha value is -3.61. The fourth-order valence-corrected chi connectivity index (χ4v) is 4.59. The molecule has 216 valence electrons. The fraction of sp³-hybridized carbons (Fsp3) is 0.429. The lowest BCUT2D eigenvalue weighted by atomic mass is 10.1. The van der Waals surface area contributed by atoms with Gasteiger partial charge in [0, 0.05) is 49.9 Å². The van der Waals surface area contributed by atoms with Gasteiger partial charge in [-0.1, -0.05) is 30.3 Å². The van der Waals surface area contributed by atoms with Crippen molar-refractivity contribution in [1.29, 1.82) is 0 Å². The van der Waals surface area contributed by atoms with E-state index in [1.54, 1.807) is 29.2 Å². The van der Waals surface area contributed by atoms with Crippen LogP contribution >= 0.6 is 11.8 Å². The van der Waals surface area contributed by atoms with Gasteiger partial charge in [0.15, 0.2) is 0 Å². The van der Waals surface area contributed by atoms with Crippen LogP contribution in [-0.4, -0.2) is 103 Å². The number of urea groups is 1. The van der Waals surface area contributed by atoms with Gasteiger partial charge in [0.25, 0.3) is 0 Å². The largest absolute Gasteiger partial charge is 0.481 e. The molecule has 11 nitrogen and oxygen atoms in total. The number of carboxylic acid groups (broad SMARTS) is 1. The van der Waals surface area contributed by atoms with Gasteiger partial charge in [0.2, 0.25) is 11.8 Å². The maximum Gasteiger partial charge on any atom is 0.323 e. The predicted octanol–water partition coefficient (Wildman–Crippen LogP) is 2.28. The number of carboxylic acids is 1. The van der Waals surface area contributed by atoms with Gasteiger partial charge < -0.3 is 30.7 Å². The molecule has 12 heteroatoms. The first-order valence-corrected chi connectivity index (χ1v) is 14.3. The number of para-hydroxylation sites is 1. The number of ether oxygens (including phenoxy) is 1. The smallest absolute Gasteiger partial charge is 0.323 e. The molecule has 4 amide bonds. The minimum Gasteiger partial charge on any atom is -0.481 e. The summed E-state index contributed by atoms with van der Waals surface area (Å²) in [4.78, 5) is 52.5. The van der Waals surface area contributed by atoms with Gasteiger partial charge in [-0.25, -0.2) is 4.79 Å². The van der Waals surface area contributed by atoms with E-state index in [0.717, 1.165) is 29.9 Å². The molecule has 1 aliphatic heterocycles. The molecule has 0 saturated carbocycles. The van der Waals surface area contributed by atoms with Crippen molar-refractivity contribution in [1.82, 2.24) is 15.1 Å². The number of carbonyl (C=O) groups excluding carboxylic acids is 3. The number of rotatable bonds is 14. The Bertz CT molecular complexity index is 1140. The highest BCUT2D eigenvalue weighted by Gasteiger charge is 2.20. The van der Waals surface area contributed by atoms with Crippen LogP contribution in [0.5, 0.6) is 0 Å². The number of carbonyl (C=O) groups is 4. The lowest BCUT2D eigenvalue weighted by Crippen LogP contribution is -2.47. The lowest BCUT2D eigenvalue weighted by Gasteiger charge is -2.30. The molecule has 3 rings (SSSR count). The number of hydrogen-bond acceptors (Lipinski definition) is 7. The van der Waals surface area contributed by atoms with Crippen molar-refractivity contribution >= 4 is 47.0 Å². The average molecular weight is 572 g/mol. The third-order valence-electron chi connectivity index (χ3n) is 6.23. The number of morpholine rings is 1. The Kier molecular flexibility index (Phi) is 12.7. The second-order valence-electron chi connectivity index (χ2n) is 9.33. The summed E-state index contributed by atoms with van der Waals surface area (Å²) in [5.41, 5.74) is 3.03. The Labute approximate surface area is 238 Å². The van der Waals surface area contributed by atoms with E-state index in [9.17, 15) is 19.2 Å². The molecule has 2 aromatic carbocycles. The number of hydrogen-bond donors (Lipinski definition) is 4. The zero-order valence-corrected chi connectivity index (χ0v) is 23.5. The molecule has 0 aliphatic carbocycles. The highest BCUT2D eigenvalue weighted by atomic mass is 32.2. The summed E-state index contributed by atoms with van der Waals surface area (Å²) in [6.07, 6.45) is 0.112. The summed E-state index contributed by atoms with van der Waals surface area (Å²) < 4.78 is 5.39. The zero-order chi connectivity index (χ0) is 28.7. The highest BCUT2D eigenvalue weighted by Crippen LogP contribution is 2.15. The number of thioether (sulfide) groups is 1. The summed E-state index contributed by atoms with van der Waals surface area (Å²) in [6, 6.07) is 14.2. The quantitative estimate of drug-likeness (QED) is 0.253. The van der Waals surface area contributed by atoms with Crippen LogP contribution < -0.4 is 16.0 Å². The van der Waals surface area contributed by atoms with Crippen LogP contribution in [0.4, 0.5) is 16.2 Å². The minimum absolute atomic E-state index is 0.0221. The second kappa shape index (κ2) is 16.5. The zero-order valence-electron chi connectivity index (χ0n) is 22.7. The number of amides is 4. The van der Waals surface area contributed by atoms with Gasteiger partial charge >= 0.3 is 12.0 Å². The molecular weight excluding hydrogens is 534 g/mol. The first kappa shape index (κ1) is 30.9. The Morgan fingerprint density at radius 3 is 2.45 bits per heavy atom. The Morgan fingerprint density at radius 1 is 1.02 bits per heavy atom. The van der Waals surface area contributed by atoms with E-state index < -0.39 is 5.97 Å². The monoisotopic (exact) mass is 571 g/mol. The third-order valence-corrected chi connectivity index (χ3v) is 7.18. The van der Waals surface area contributed by atoms with Gasteiger partial charge in [0.05, 0.1) is 31.9 Å². The van der Waals surface area contributed by atoms with Crippen molar-refractivity contribution in [2.45, 2.75) is 13.3 Å². The third kappa shape index (κ3) is 11.2. The molecule has 1 fully saturated rings. The Morgan fingerprint density at radius 2 is 1.75 bits per heavy atom. The minimum atomic E-state index is -0.898. The summed E-state index contributed by atoms with van der Waals surface area (Å²) in [5, 5.41) is 17.1. The van der Waals surface area contributed by atoms with E-state index in [0.29, 0.717) is 44.3 Å². The molecule has 0 radical (unpaired) electrons. The molecule has 0 atom stereocenters. The second-order valence-corrected chi connectivity index (χ2v) is 10.4. The maximum atomic E-state index is 13.2. The first-order chi connectivity index (χ1) is 19.3. The number of aliphatic carboxylic acids is 1. The number of aryl methyl sites for hydroxylation is 1. The van der Waals surface area contributed by atoms with E-state index in [1.807, 2.05) is 31.2 Å². The molecule has 4 N–H and O–H groups in total. The fourth-order valence-electron chi connectivity index (χ4n) is 4.02. The van der Waals surface area contributed by atoms with Crippen LogP contribution in [0, 0.1) is 6.92 Å². The number of nitrogens with one attached hydrogen (secondary N) is 3. The lowest BCUT2D eigenvalue weighted by molar-refractivity contribution is -0.135. The Balaban J connectivity index is 1.53. The number of benzene rings is 2. The molecule has 40 heavy (non-hydrogen) atoms. The number of nitrogens with zero attached hydrogens (tertiary/aromatic N) is 2. The van der Waals surface area contributed by atoms with Crippen molar-refractivity contribution in [3.8, 4) is 0 Å². The molecule has 0 aromatic heterocycles. The van der Waals surface area contributed by atoms with E-state index >= 15 is 0 Å². The average Bonchev–Trinajstić information content (AvgIpc) is 2.93. The van der Waals surface area contributed by atoms with E-state index in [2.05, 4.69) is 20.9 Å². The molecule has 1 saturated heterocycles. The van der Waals surface area contributed by atoms with Gasteiger partial charge in [-0.05, 0) is 36.2 Å². The molecule has 2 aromatic rings. The van der Waals surface area contributed by atoms with Gasteiger partial charge in [0.1, 0.15) is 0 Å². The standard InChI is InChI=1S/C28H37N5O6S/c1-21-4-2-3-5-24(21)31-28(38)30-23-8-6-22(7-9-23)18-26(35)33(12-11-32-13-15-39-16-14-32)19-25(34)29-10-17-40-20-27(36)37/h2-9H,10-20H2,1H3,(H,29,34)(H,36,37)(H2,30,31,38). The molecule has 0 unspecified atom stereocenters. The van der Waals surface area contributed by atoms with Crippen molar-refractivity contribution in [3.63, 3.8) is 0 Å². The van der Waals surface area contributed by atoms with Crippen LogP contribution in [0.2, 0.25) is 0 Å². The van der Waals surface area contributed by atoms with Crippen molar-refractivity contribution < 1.29 is 29.0 Å². The van der Waals surface area contributed by atoms with Gasteiger partial charge in [-0.3, -0.25) is 19.3 Å². The van der Waals surface area contributed by atoms with Crippen LogP contribution in [0.15, 0.2) is 48.5 Å². The first-order valence-electron chi connectivity index (χ1n) is 13.2. The molecule has 1 aliphatic rings. The van der Waals surface area contributed by atoms with Crippen LogP contribution in [0.3, 0.4) is 0 Å². The summed E-state index contributed by atoms with van der Waals surface area (Å²) >= 11 is 1.22. The molecule has 1 heterocycles. The normalized spacial score (nSPS) is 13.3. The topological polar surface area (TPSA) is 140 Å². The predicted molar refractivity (Wildman–Crippen MR) is 156 cm³/mol.